The number of nitrogens with one attached hydrogen (secondary N) is 1. The van der Waals surface area contributed by atoms with Gasteiger partial charge in [-0.25, -0.2) is 37.9 Å². The standard InChI is InChI=1S/C29H26ClN7O16S5.4Na/c1-2-37(17-6-5-7-18(14-17)54(39,40)11-10-53-58(50,51)52)29-33-27(30)32-28(34-29)31-21-15-19(55(41,42)43)12-16-13-23(57(47,48)49)25(26(38)24(16)21)36-35-20-8-3-4-9-22(20)56(44,45)46;;;;/h3-9,12-15,38H,2,10-11H2,1H3,(H,41,42,43)(H,44,45,46)(H,47,48,49)(H,50,51,52)(H,31,32,33,34);;;;/q;4*+1/p-4. The summed E-state index contributed by atoms with van der Waals surface area (Å²) in [6.07, 6.45) is 0. The predicted octanol–water partition coefficient (Wildman–Crippen LogP) is -9.61. The fourth-order valence-corrected chi connectivity index (χ4v) is 8.58. The monoisotopic (exact) mass is 1010 g/mol. The minimum Gasteiger partial charge on any atom is -0.870 e. The summed E-state index contributed by atoms with van der Waals surface area (Å²) in [6, 6.07) is 11.0. The molecule has 0 unspecified atom stereocenters. The van der Waals surface area contributed by atoms with Crippen molar-refractivity contribution in [3.8, 4) is 5.75 Å². The van der Waals surface area contributed by atoms with Crippen LogP contribution in [0.3, 0.4) is 0 Å². The van der Waals surface area contributed by atoms with Crippen LogP contribution in [0.15, 0.2) is 96.5 Å². The van der Waals surface area contributed by atoms with E-state index in [-0.39, 0.29) is 141 Å². The number of hydrogen-bond acceptors (Lipinski definition) is 22. The van der Waals surface area contributed by atoms with Crippen molar-refractivity contribution in [2.24, 2.45) is 10.2 Å². The second kappa shape index (κ2) is 23.1. The first kappa shape index (κ1) is 59.0. The minimum atomic E-state index is -5.65. The molecule has 0 aliphatic rings. The van der Waals surface area contributed by atoms with E-state index in [0.29, 0.717) is 18.2 Å². The van der Waals surface area contributed by atoms with Crippen molar-refractivity contribution in [2.75, 3.05) is 29.1 Å². The van der Waals surface area contributed by atoms with Gasteiger partial charge in [0.25, 0.3) is 0 Å². The van der Waals surface area contributed by atoms with Crippen LogP contribution in [0.4, 0.5) is 34.6 Å². The van der Waals surface area contributed by atoms with Gasteiger partial charge in [0, 0.05) is 17.9 Å². The van der Waals surface area contributed by atoms with E-state index < -0.39 is 122 Å². The number of aromatic nitrogens is 3. The third-order valence-electron chi connectivity index (χ3n) is 7.53. The van der Waals surface area contributed by atoms with Crippen molar-refractivity contribution in [2.45, 2.75) is 26.5 Å². The molecule has 1 heterocycles. The molecule has 0 bridgehead atoms. The van der Waals surface area contributed by atoms with Gasteiger partial charge in [0.15, 0.2) is 9.84 Å². The zero-order valence-electron chi connectivity index (χ0n) is 32.6. The smallest absolute Gasteiger partial charge is 0.870 e. The molecule has 5 rings (SSSR count). The molecule has 0 saturated heterocycles. The van der Waals surface area contributed by atoms with Crippen LogP contribution in [0.1, 0.15) is 6.92 Å². The number of fused-ring (bicyclic) bond motifs is 1. The van der Waals surface area contributed by atoms with E-state index in [9.17, 15) is 60.9 Å². The van der Waals surface area contributed by atoms with Crippen molar-refractivity contribution in [3.63, 3.8) is 0 Å². The van der Waals surface area contributed by atoms with E-state index in [1.165, 1.54) is 29.2 Å². The Bertz CT molecular complexity index is 3080. The zero-order valence-corrected chi connectivity index (χ0v) is 45.5. The van der Waals surface area contributed by atoms with Crippen molar-refractivity contribution in [1.82, 2.24) is 15.0 Å². The first-order chi connectivity index (χ1) is 26.8. The number of halogens is 1. The van der Waals surface area contributed by atoms with Crippen LogP contribution in [0, 0.1) is 0 Å². The molecule has 0 spiro atoms. The van der Waals surface area contributed by atoms with Gasteiger partial charge in [0.1, 0.15) is 36.0 Å². The Balaban J connectivity index is 0.00000480. The van der Waals surface area contributed by atoms with E-state index in [1.807, 2.05) is 0 Å². The average Bonchev–Trinajstić information content (AvgIpc) is 3.09. The van der Waals surface area contributed by atoms with E-state index in [4.69, 9.17) is 16.2 Å². The van der Waals surface area contributed by atoms with Crippen LogP contribution >= 0.6 is 11.6 Å². The normalized spacial score (nSPS) is 12.1. The van der Waals surface area contributed by atoms with Gasteiger partial charge in [-0.2, -0.15) is 23.4 Å². The molecule has 62 heavy (non-hydrogen) atoms. The molecule has 1 aromatic heterocycles. The number of nitrogens with zero attached hydrogens (tertiary/aromatic N) is 6. The Morgan fingerprint density at radius 2 is 1.39 bits per heavy atom. The Morgan fingerprint density at radius 1 is 0.758 bits per heavy atom. The topological polar surface area (TPSA) is 371 Å². The third kappa shape index (κ3) is 15.0. The molecule has 0 atom stereocenters. The van der Waals surface area contributed by atoms with Crippen molar-refractivity contribution >= 4 is 108 Å². The van der Waals surface area contributed by atoms with Crippen LogP contribution in [-0.4, -0.2) is 94.2 Å². The predicted molar refractivity (Wildman–Crippen MR) is 195 cm³/mol. The van der Waals surface area contributed by atoms with Gasteiger partial charge < -0.3 is 29.0 Å². The van der Waals surface area contributed by atoms with Gasteiger partial charge in [0.05, 0.1) is 37.6 Å². The molecular formula is C29H22ClN7Na4O16S5. The van der Waals surface area contributed by atoms with E-state index >= 15 is 0 Å². The number of sulfone groups is 1. The molecule has 0 aliphatic carbocycles. The number of hydrogen-bond donors (Lipinski definition) is 2. The summed E-state index contributed by atoms with van der Waals surface area (Å²) in [5.41, 5.74) is -2.36. The van der Waals surface area contributed by atoms with Gasteiger partial charge >= 0.3 is 129 Å². The van der Waals surface area contributed by atoms with E-state index in [0.717, 1.165) is 24.3 Å². The average molecular weight is 1010 g/mol. The molecule has 2 N–H and O–H groups in total. The molecule has 0 fully saturated rings. The summed E-state index contributed by atoms with van der Waals surface area (Å²) >= 11 is 6.19. The maximum atomic E-state index is 14.0. The summed E-state index contributed by atoms with van der Waals surface area (Å²) in [4.78, 5) is 9.75. The van der Waals surface area contributed by atoms with E-state index in [2.05, 4.69) is 34.7 Å². The van der Waals surface area contributed by atoms with Crippen LogP contribution in [-0.2, 0) is 54.8 Å². The second-order valence-corrected chi connectivity index (χ2v) is 18.9. The van der Waals surface area contributed by atoms with Gasteiger partial charge in [-0.15, -0.1) is 10.2 Å². The van der Waals surface area contributed by atoms with Gasteiger partial charge in [0.2, 0.25) is 17.2 Å². The molecule has 310 valence electrons. The molecule has 0 radical (unpaired) electrons. The fraction of sp³-hybridized carbons (Fsp3) is 0.138. The van der Waals surface area contributed by atoms with Crippen LogP contribution in [0.5, 0.6) is 5.75 Å². The first-order valence-electron chi connectivity index (χ1n) is 15.4. The zero-order chi connectivity index (χ0) is 43.0. The van der Waals surface area contributed by atoms with Crippen molar-refractivity contribution in [1.29, 1.82) is 0 Å². The maximum absolute atomic E-state index is 14.0. The largest absolute Gasteiger partial charge is 1.00 e. The molecule has 0 saturated carbocycles. The number of anilines is 4. The Kier molecular flexibility index (Phi) is 22.0. The summed E-state index contributed by atoms with van der Waals surface area (Å²) in [7, 11) is -25.3. The molecule has 23 nitrogen and oxygen atoms in total. The quantitative estimate of drug-likeness (QED) is 0.0558. The van der Waals surface area contributed by atoms with Crippen molar-refractivity contribution in [3.05, 3.63) is 72.0 Å². The van der Waals surface area contributed by atoms with Crippen LogP contribution in [0.25, 0.3) is 10.8 Å². The van der Waals surface area contributed by atoms with E-state index in [1.54, 1.807) is 6.92 Å². The van der Waals surface area contributed by atoms with Crippen molar-refractivity contribution < 1.29 is 188 Å². The summed E-state index contributed by atoms with van der Waals surface area (Å²) < 4.78 is 169. The number of azo groups is 1. The second-order valence-electron chi connectivity index (χ2n) is 11.3. The van der Waals surface area contributed by atoms with Gasteiger partial charge in [-0.3, -0.25) is 4.55 Å². The summed E-state index contributed by atoms with van der Waals surface area (Å²) in [5.74, 6) is -3.15. The van der Waals surface area contributed by atoms with Crippen LogP contribution in [0.2, 0.25) is 5.28 Å². The summed E-state index contributed by atoms with van der Waals surface area (Å²) in [5, 5.41) is 21.7. The Labute approximate surface area is 447 Å². The maximum Gasteiger partial charge on any atom is 1.00 e. The Morgan fingerprint density at radius 3 is 1.97 bits per heavy atom. The third-order valence-corrected chi connectivity index (χ3v) is 12.4. The SMILES string of the molecule is CCN(c1cccc(S(=O)(=O)CCOS(=O)(=O)O)c1)c1nc(Cl)nc(Nc2cc(S(=O)(=O)[O-])cc3cc(S(=O)(=O)[O-])c(N=Nc4ccccc4S(=O)(=O)[O-])c([O-])c23)n1.[Na+].[Na+].[Na+].[Na+]. The number of rotatable bonds is 15. The molecule has 33 heteroatoms. The fourth-order valence-electron chi connectivity index (χ4n) is 5.12. The van der Waals surface area contributed by atoms with Gasteiger partial charge in [-0.1, -0.05) is 23.9 Å². The van der Waals surface area contributed by atoms with Crippen LogP contribution < -0.4 is 134 Å². The minimum absolute atomic E-state index is 0. The Hall–Kier alpha value is -1.01. The molecule has 0 amide bonds. The first-order valence-corrected chi connectivity index (χ1v) is 23.0. The molecule has 4 aromatic carbocycles. The molecule has 0 aliphatic heterocycles. The summed E-state index contributed by atoms with van der Waals surface area (Å²) in [6.45, 7) is 0.673. The molecular weight excluding hydrogens is 990 g/mol. The van der Waals surface area contributed by atoms with Gasteiger partial charge in [-0.05, 0) is 77.8 Å². The molecule has 5 aromatic rings. The number of benzene rings is 4.